The first-order valence-corrected chi connectivity index (χ1v) is 11.8. The van der Waals surface area contributed by atoms with Gasteiger partial charge in [0.25, 0.3) is 0 Å². The van der Waals surface area contributed by atoms with Gasteiger partial charge in [0.1, 0.15) is 12.1 Å². The van der Waals surface area contributed by atoms with Crippen molar-refractivity contribution in [3.63, 3.8) is 0 Å². The number of carbonyl (C=O) groups is 3. The number of carbonyl (C=O) groups excluding carboxylic acids is 2. The van der Waals surface area contributed by atoms with E-state index in [0.29, 0.717) is 25.8 Å². The lowest BCUT2D eigenvalue weighted by atomic mass is 9.73. The van der Waals surface area contributed by atoms with E-state index in [-0.39, 0.29) is 23.9 Å². The highest BCUT2D eigenvalue weighted by molar-refractivity contribution is 5.88. The normalized spacial score (nSPS) is 21.8. The lowest BCUT2D eigenvalue weighted by Crippen LogP contribution is -2.53. The summed E-state index contributed by atoms with van der Waals surface area (Å²) in [5.74, 6) is -1.59. The van der Waals surface area contributed by atoms with Gasteiger partial charge in [0.05, 0.1) is 12.6 Å². The Morgan fingerprint density at radius 1 is 1.19 bits per heavy atom. The zero-order valence-electron chi connectivity index (χ0n) is 19.2. The van der Waals surface area contributed by atoms with Crippen molar-refractivity contribution in [1.29, 1.82) is 0 Å². The van der Waals surface area contributed by atoms with Crippen molar-refractivity contribution in [1.82, 2.24) is 10.2 Å². The van der Waals surface area contributed by atoms with E-state index in [1.165, 1.54) is 11.3 Å². The maximum atomic E-state index is 13.3. The lowest BCUT2D eigenvalue weighted by Gasteiger charge is -2.33. The molecule has 176 valence electrons. The molecule has 3 rings (SSSR count). The molecule has 0 aromatic heterocycles. The van der Waals surface area contributed by atoms with Crippen LogP contribution in [0.25, 0.3) is 0 Å². The van der Waals surface area contributed by atoms with E-state index in [2.05, 4.69) is 5.32 Å². The summed E-state index contributed by atoms with van der Waals surface area (Å²) in [4.78, 5) is 39.4. The van der Waals surface area contributed by atoms with E-state index in [0.717, 1.165) is 31.2 Å². The predicted octanol–water partition coefficient (Wildman–Crippen LogP) is 3.17. The van der Waals surface area contributed by atoms with Gasteiger partial charge in [0.2, 0.25) is 5.91 Å². The molecule has 1 aliphatic carbocycles. The van der Waals surface area contributed by atoms with Crippen LogP contribution in [0.2, 0.25) is 0 Å². The van der Waals surface area contributed by atoms with Crippen LogP contribution in [0, 0.1) is 5.41 Å². The third-order valence-corrected chi connectivity index (χ3v) is 6.95. The number of carboxylic acid groups (broad SMARTS) is 1. The molecule has 1 amide bonds. The monoisotopic (exact) mass is 444 g/mol. The van der Waals surface area contributed by atoms with E-state index in [1.807, 2.05) is 30.3 Å². The average Bonchev–Trinajstić information content (AvgIpc) is 3.16. The molecule has 1 saturated carbocycles. The van der Waals surface area contributed by atoms with E-state index in [1.54, 1.807) is 13.8 Å². The van der Waals surface area contributed by atoms with E-state index >= 15 is 0 Å². The number of aliphatic carboxylic acids is 1. The standard InChI is InChI=1S/C25H36N2O5/c1-3-32-24(31)20(13-12-19-10-6-4-7-11-19)26-18(2)22(28)27-17-25(14-8-5-9-15-25)16-21(27)23(29)30/h4,6-7,10-11,18,20-21,26H,3,5,8-9,12-17H2,1-2H3,(H,29,30). The maximum Gasteiger partial charge on any atom is 0.326 e. The van der Waals surface area contributed by atoms with Crippen LogP contribution >= 0.6 is 0 Å². The fourth-order valence-electron chi connectivity index (χ4n) is 5.26. The highest BCUT2D eigenvalue weighted by Gasteiger charge is 2.49. The SMILES string of the molecule is CCOC(=O)C(CCc1ccccc1)NC(C)C(=O)N1CC2(CCCCC2)CC1C(=O)O. The van der Waals surface area contributed by atoms with Gasteiger partial charge < -0.3 is 14.7 Å². The van der Waals surface area contributed by atoms with Crippen LogP contribution < -0.4 is 5.32 Å². The Hall–Kier alpha value is -2.41. The molecular weight excluding hydrogens is 408 g/mol. The highest BCUT2D eigenvalue weighted by atomic mass is 16.5. The second-order valence-corrected chi connectivity index (χ2v) is 9.30. The molecular formula is C25H36N2O5. The summed E-state index contributed by atoms with van der Waals surface area (Å²) >= 11 is 0. The van der Waals surface area contributed by atoms with Gasteiger partial charge in [-0.25, -0.2) is 4.79 Å². The van der Waals surface area contributed by atoms with Crippen LogP contribution in [-0.2, 0) is 25.5 Å². The van der Waals surface area contributed by atoms with Gasteiger partial charge in [-0.3, -0.25) is 14.9 Å². The molecule has 7 heteroatoms. The number of nitrogens with one attached hydrogen (secondary N) is 1. The summed E-state index contributed by atoms with van der Waals surface area (Å²) in [5, 5.41) is 12.9. The first-order chi connectivity index (χ1) is 15.3. The quantitative estimate of drug-likeness (QED) is 0.568. The summed E-state index contributed by atoms with van der Waals surface area (Å²) in [6, 6.07) is 7.74. The molecule has 1 heterocycles. The van der Waals surface area contributed by atoms with Crippen molar-refractivity contribution in [3.8, 4) is 0 Å². The minimum atomic E-state index is -0.945. The second-order valence-electron chi connectivity index (χ2n) is 9.30. The van der Waals surface area contributed by atoms with Crippen LogP contribution in [0.4, 0.5) is 0 Å². The number of rotatable bonds is 9. The Labute approximate surface area is 190 Å². The van der Waals surface area contributed by atoms with Crippen LogP contribution in [0.3, 0.4) is 0 Å². The summed E-state index contributed by atoms with van der Waals surface area (Å²) in [6.45, 7) is 4.22. The fraction of sp³-hybridized carbons (Fsp3) is 0.640. The van der Waals surface area contributed by atoms with Gasteiger partial charge in [-0.2, -0.15) is 0 Å². The number of likely N-dealkylation sites (tertiary alicyclic amines) is 1. The first kappa shape index (κ1) is 24.2. The Morgan fingerprint density at radius 2 is 1.88 bits per heavy atom. The van der Waals surface area contributed by atoms with Gasteiger partial charge in [-0.1, -0.05) is 49.6 Å². The zero-order valence-corrected chi connectivity index (χ0v) is 19.2. The van der Waals surface area contributed by atoms with Crippen molar-refractivity contribution in [2.45, 2.75) is 83.3 Å². The third-order valence-electron chi connectivity index (χ3n) is 6.95. The van der Waals surface area contributed by atoms with E-state index in [9.17, 15) is 19.5 Å². The molecule has 2 fully saturated rings. The molecule has 2 aliphatic rings. The number of ether oxygens (including phenoxy) is 1. The number of benzene rings is 1. The van der Waals surface area contributed by atoms with Gasteiger partial charge in [-0.15, -0.1) is 0 Å². The minimum Gasteiger partial charge on any atom is -0.480 e. The number of amides is 1. The predicted molar refractivity (Wildman–Crippen MR) is 121 cm³/mol. The zero-order chi connectivity index (χ0) is 23.1. The summed E-state index contributed by atoms with van der Waals surface area (Å²) in [7, 11) is 0. The topological polar surface area (TPSA) is 95.9 Å². The lowest BCUT2D eigenvalue weighted by molar-refractivity contribution is -0.150. The Bertz CT molecular complexity index is 791. The number of carboxylic acids is 1. The van der Waals surface area contributed by atoms with Gasteiger partial charge in [0.15, 0.2) is 0 Å². The van der Waals surface area contributed by atoms with Crippen LogP contribution in [0.15, 0.2) is 30.3 Å². The average molecular weight is 445 g/mol. The molecule has 1 aromatic rings. The van der Waals surface area contributed by atoms with E-state index in [4.69, 9.17) is 4.74 Å². The highest BCUT2D eigenvalue weighted by Crippen LogP contribution is 2.46. The minimum absolute atomic E-state index is 0.0788. The largest absolute Gasteiger partial charge is 0.480 e. The van der Waals surface area contributed by atoms with Crippen LogP contribution in [-0.4, -0.2) is 59.1 Å². The molecule has 1 aliphatic heterocycles. The Kier molecular flexibility index (Phi) is 8.29. The molecule has 3 unspecified atom stereocenters. The second kappa shape index (κ2) is 10.9. The van der Waals surface area contributed by atoms with Crippen LogP contribution in [0.1, 0.15) is 64.4 Å². The number of nitrogens with zero attached hydrogens (tertiary/aromatic N) is 1. The smallest absolute Gasteiger partial charge is 0.326 e. The molecule has 1 spiro atoms. The Balaban J connectivity index is 1.68. The van der Waals surface area contributed by atoms with Crippen molar-refractivity contribution < 1.29 is 24.2 Å². The Morgan fingerprint density at radius 3 is 2.50 bits per heavy atom. The molecule has 1 aromatic carbocycles. The molecule has 32 heavy (non-hydrogen) atoms. The molecule has 3 atom stereocenters. The first-order valence-electron chi connectivity index (χ1n) is 11.8. The van der Waals surface area contributed by atoms with Crippen molar-refractivity contribution in [2.75, 3.05) is 13.2 Å². The molecule has 1 saturated heterocycles. The van der Waals surface area contributed by atoms with Crippen molar-refractivity contribution >= 4 is 17.8 Å². The van der Waals surface area contributed by atoms with Crippen molar-refractivity contribution in [3.05, 3.63) is 35.9 Å². The third kappa shape index (κ3) is 5.88. The van der Waals surface area contributed by atoms with Crippen LogP contribution in [0.5, 0.6) is 0 Å². The number of esters is 1. The molecule has 0 radical (unpaired) electrons. The van der Waals surface area contributed by atoms with Crippen molar-refractivity contribution in [2.24, 2.45) is 5.41 Å². The maximum absolute atomic E-state index is 13.3. The summed E-state index contributed by atoms with van der Waals surface area (Å²) in [5.41, 5.74) is 1.03. The molecule has 0 bridgehead atoms. The summed E-state index contributed by atoms with van der Waals surface area (Å²) < 4.78 is 5.23. The molecule has 2 N–H and O–H groups in total. The summed E-state index contributed by atoms with van der Waals surface area (Å²) in [6.07, 6.45) is 6.99. The van der Waals surface area contributed by atoms with Gasteiger partial charge in [-0.05, 0) is 56.9 Å². The fourth-order valence-corrected chi connectivity index (χ4v) is 5.26. The van der Waals surface area contributed by atoms with Gasteiger partial charge in [0, 0.05) is 6.54 Å². The number of aryl methyl sites for hydroxylation is 1. The molecule has 7 nitrogen and oxygen atoms in total. The van der Waals surface area contributed by atoms with E-state index < -0.39 is 24.1 Å². The number of hydrogen-bond donors (Lipinski definition) is 2. The number of hydrogen-bond acceptors (Lipinski definition) is 5. The van der Waals surface area contributed by atoms with Gasteiger partial charge >= 0.3 is 11.9 Å².